The number of piperazine rings is 1. The van der Waals surface area contributed by atoms with Gasteiger partial charge in [0.2, 0.25) is 0 Å². The second kappa shape index (κ2) is 12.0. The molecule has 1 aliphatic rings. The van der Waals surface area contributed by atoms with E-state index in [1.807, 2.05) is 49.5 Å². The van der Waals surface area contributed by atoms with Crippen LogP contribution in [-0.4, -0.2) is 75.6 Å². The van der Waals surface area contributed by atoms with E-state index in [2.05, 4.69) is 87.1 Å². The zero-order valence-corrected chi connectivity index (χ0v) is 27.3. The van der Waals surface area contributed by atoms with Crippen LogP contribution in [0.1, 0.15) is 91.1 Å². The molecule has 0 saturated carbocycles. The standard InChI is InChI=1S/C31H40BrN9O/c1-18(2)30-33-13-28(41-21(5)12-20(4)36-41)29(34-30)31(42)38-14-22(6)39(23(7)15-38)16-26-17-40(37-35-26)24(8)25-9-10-27(32)19(3)11-25/h9-13,17-18,22-24H,14-16H2,1-8H3/t22-,23+,24-/m0/s1. The van der Waals surface area contributed by atoms with Crippen molar-refractivity contribution in [1.29, 1.82) is 0 Å². The molecule has 11 heteroatoms. The molecule has 3 aromatic heterocycles. The molecular formula is C31H40BrN9O. The fourth-order valence-electron chi connectivity index (χ4n) is 5.68. The molecule has 0 radical (unpaired) electrons. The molecule has 0 N–H and O–H groups in total. The van der Waals surface area contributed by atoms with Crippen LogP contribution in [0, 0.1) is 20.8 Å². The van der Waals surface area contributed by atoms with Gasteiger partial charge < -0.3 is 4.90 Å². The normalized spacial score (nSPS) is 18.6. The van der Waals surface area contributed by atoms with E-state index in [4.69, 9.17) is 4.98 Å². The van der Waals surface area contributed by atoms with Crippen molar-refractivity contribution in [3.8, 4) is 5.69 Å². The first-order valence-electron chi connectivity index (χ1n) is 14.5. The SMILES string of the molecule is Cc1cc(C)n(-c2cnc(C(C)C)nc2C(=O)N2C[C@@H](C)N(Cc3cn([C@@H](C)c4ccc(Br)c(C)c4)nn3)[C@@H](C)C2)n1. The highest BCUT2D eigenvalue weighted by Gasteiger charge is 2.34. The van der Waals surface area contributed by atoms with Crippen molar-refractivity contribution < 1.29 is 4.79 Å². The van der Waals surface area contributed by atoms with Crippen molar-refractivity contribution in [3.63, 3.8) is 0 Å². The maximum absolute atomic E-state index is 14.0. The summed E-state index contributed by atoms with van der Waals surface area (Å²) in [5.41, 5.74) is 6.13. The fraction of sp³-hybridized carbons (Fsp3) is 0.484. The monoisotopic (exact) mass is 633 g/mol. The molecule has 0 aliphatic carbocycles. The number of amides is 1. The Morgan fingerprint density at radius 2 is 1.79 bits per heavy atom. The van der Waals surface area contributed by atoms with Gasteiger partial charge in [0.25, 0.3) is 5.91 Å². The predicted octanol–water partition coefficient (Wildman–Crippen LogP) is 5.41. The summed E-state index contributed by atoms with van der Waals surface area (Å²) in [5.74, 6) is 0.661. The molecule has 4 aromatic rings. The molecule has 5 rings (SSSR count). The quantitative estimate of drug-likeness (QED) is 0.268. The molecule has 42 heavy (non-hydrogen) atoms. The van der Waals surface area contributed by atoms with E-state index in [-0.39, 0.29) is 30.0 Å². The summed E-state index contributed by atoms with van der Waals surface area (Å²) in [7, 11) is 0. The van der Waals surface area contributed by atoms with E-state index in [0.29, 0.717) is 36.8 Å². The number of carbonyl (C=O) groups excluding carboxylic acids is 1. The Labute approximate surface area is 256 Å². The molecule has 4 heterocycles. The number of rotatable bonds is 7. The molecule has 1 aromatic carbocycles. The number of hydrogen-bond donors (Lipinski definition) is 0. The third-order valence-electron chi connectivity index (χ3n) is 8.10. The molecule has 0 unspecified atom stereocenters. The van der Waals surface area contributed by atoms with Gasteiger partial charge in [-0.2, -0.15) is 5.10 Å². The van der Waals surface area contributed by atoms with Crippen LogP contribution >= 0.6 is 15.9 Å². The molecule has 1 amide bonds. The van der Waals surface area contributed by atoms with E-state index in [1.165, 1.54) is 11.1 Å². The van der Waals surface area contributed by atoms with Crippen LogP contribution in [0.2, 0.25) is 0 Å². The molecule has 1 aliphatic heterocycles. The van der Waals surface area contributed by atoms with Gasteiger partial charge >= 0.3 is 0 Å². The second-order valence-electron chi connectivity index (χ2n) is 11.9. The van der Waals surface area contributed by atoms with Crippen molar-refractivity contribution in [2.24, 2.45) is 0 Å². The van der Waals surface area contributed by atoms with E-state index in [9.17, 15) is 4.79 Å². The first-order valence-corrected chi connectivity index (χ1v) is 15.3. The lowest BCUT2D eigenvalue weighted by atomic mass is 10.1. The Bertz CT molecular complexity index is 1580. The lowest BCUT2D eigenvalue weighted by Crippen LogP contribution is -2.57. The summed E-state index contributed by atoms with van der Waals surface area (Å²) in [5, 5.41) is 13.6. The van der Waals surface area contributed by atoms with E-state index in [1.54, 1.807) is 10.9 Å². The van der Waals surface area contributed by atoms with Crippen LogP contribution in [0.3, 0.4) is 0 Å². The van der Waals surface area contributed by atoms with Gasteiger partial charge in [-0.25, -0.2) is 19.3 Å². The van der Waals surface area contributed by atoms with E-state index in [0.717, 1.165) is 21.6 Å². The molecule has 0 spiro atoms. The summed E-state index contributed by atoms with van der Waals surface area (Å²) < 4.78 is 4.80. The predicted molar refractivity (Wildman–Crippen MR) is 166 cm³/mol. The summed E-state index contributed by atoms with van der Waals surface area (Å²) in [6, 6.07) is 8.68. The van der Waals surface area contributed by atoms with Crippen LogP contribution < -0.4 is 0 Å². The highest BCUT2D eigenvalue weighted by atomic mass is 79.9. The smallest absolute Gasteiger partial charge is 0.274 e. The molecule has 1 fully saturated rings. The zero-order valence-electron chi connectivity index (χ0n) is 25.7. The van der Waals surface area contributed by atoms with Crippen LogP contribution in [0.4, 0.5) is 0 Å². The Kier molecular flexibility index (Phi) is 8.61. The van der Waals surface area contributed by atoms with Crippen molar-refractivity contribution in [3.05, 3.63) is 80.9 Å². The number of aromatic nitrogens is 7. The van der Waals surface area contributed by atoms with Gasteiger partial charge in [-0.1, -0.05) is 47.1 Å². The van der Waals surface area contributed by atoms with E-state index >= 15 is 0 Å². The summed E-state index contributed by atoms with van der Waals surface area (Å²) in [4.78, 5) is 27.7. The minimum absolute atomic E-state index is 0.0716. The minimum Gasteiger partial charge on any atom is -0.334 e. The number of halogens is 1. The van der Waals surface area contributed by atoms with Gasteiger partial charge in [0, 0.05) is 47.8 Å². The Morgan fingerprint density at radius 1 is 1.07 bits per heavy atom. The van der Waals surface area contributed by atoms with Gasteiger partial charge in [0.15, 0.2) is 5.69 Å². The number of nitrogens with zero attached hydrogens (tertiary/aromatic N) is 9. The van der Waals surface area contributed by atoms with Crippen LogP contribution in [0.15, 0.2) is 41.1 Å². The van der Waals surface area contributed by atoms with Gasteiger partial charge in [-0.05, 0) is 64.8 Å². The maximum Gasteiger partial charge on any atom is 0.274 e. The van der Waals surface area contributed by atoms with Gasteiger partial charge in [0.1, 0.15) is 11.5 Å². The molecule has 3 atom stereocenters. The average molecular weight is 635 g/mol. The van der Waals surface area contributed by atoms with Crippen molar-refractivity contribution >= 4 is 21.8 Å². The second-order valence-corrected chi connectivity index (χ2v) is 12.8. The molecule has 222 valence electrons. The van der Waals surface area contributed by atoms with Crippen LogP contribution in [0.25, 0.3) is 5.69 Å². The highest BCUT2D eigenvalue weighted by Crippen LogP contribution is 2.26. The molecule has 10 nitrogen and oxygen atoms in total. The number of benzene rings is 1. The Balaban J connectivity index is 1.33. The van der Waals surface area contributed by atoms with Crippen molar-refractivity contribution in [2.75, 3.05) is 13.1 Å². The van der Waals surface area contributed by atoms with Crippen LogP contribution in [-0.2, 0) is 6.54 Å². The lowest BCUT2D eigenvalue weighted by molar-refractivity contribution is 0.0260. The van der Waals surface area contributed by atoms with Gasteiger partial charge in [-0.15, -0.1) is 5.10 Å². The summed E-state index contributed by atoms with van der Waals surface area (Å²) >= 11 is 3.58. The number of carbonyl (C=O) groups is 1. The fourth-order valence-corrected chi connectivity index (χ4v) is 5.93. The summed E-state index contributed by atoms with van der Waals surface area (Å²) in [6.07, 6.45) is 3.77. The molecule has 1 saturated heterocycles. The maximum atomic E-state index is 14.0. The van der Waals surface area contributed by atoms with Crippen molar-refractivity contribution in [1.82, 2.24) is 44.5 Å². The largest absolute Gasteiger partial charge is 0.334 e. The van der Waals surface area contributed by atoms with Crippen LogP contribution in [0.5, 0.6) is 0 Å². The Morgan fingerprint density at radius 3 is 2.40 bits per heavy atom. The summed E-state index contributed by atoms with van der Waals surface area (Å²) in [6.45, 7) is 18.4. The zero-order chi connectivity index (χ0) is 30.3. The van der Waals surface area contributed by atoms with Gasteiger partial charge in [0.05, 0.1) is 29.8 Å². The van der Waals surface area contributed by atoms with Crippen molar-refractivity contribution in [2.45, 2.75) is 86.0 Å². The molecule has 0 bridgehead atoms. The molecular weight excluding hydrogens is 594 g/mol. The third kappa shape index (κ3) is 6.03. The Hall–Kier alpha value is -3.44. The number of hydrogen-bond acceptors (Lipinski definition) is 7. The first-order chi connectivity index (χ1) is 19.9. The first kappa shape index (κ1) is 30.0. The minimum atomic E-state index is -0.0928. The highest BCUT2D eigenvalue weighted by molar-refractivity contribution is 9.10. The third-order valence-corrected chi connectivity index (χ3v) is 8.99. The van der Waals surface area contributed by atoms with Gasteiger partial charge in [-0.3, -0.25) is 9.69 Å². The average Bonchev–Trinajstić information content (AvgIpc) is 3.56. The lowest BCUT2D eigenvalue weighted by Gasteiger charge is -2.44. The van der Waals surface area contributed by atoms with E-state index < -0.39 is 0 Å². The number of aryl methyl sites for hydroxylation is 3. The topological polar surface area (TPSA) is 97.9 Å².